The molecule has 0 atom stereocenters. The van der Waals surface area contributed by atoms with Crippen LogP contribution in [0.4, 0.5) is 0 Å². The van der Waals surface area contributed by atoms with Gasteiger partial charge in [0.15, 0.2) is 0 Å². The van der Waals surface area contributed by atoms with Crippen molar-refractivity contribution in [3.8, 4) is 5.75 Å². The van der Waals surface area contributed by atoms with Gasteiger partial charge in [0.25, 0.3) is 5.91 Å². The predicted octanol–water partition coefficient (Wildman–Crippen LogP) is 3.77. The van der Waals surface area contributed by atoms with Crippen molar-refractivity contribution in [1.29, 1.82) is 0 Å². The van der Waals surface area contributed by atoms with Crippen LogP contribution in [0.25, 0.3) is 0 Å². The van der Waals surface area contributed by atoms with Crippen molar-refractivity contribution in [1.82, 2.24) is 5.43 Å². The van der Waals surface area contributed by atoms with Gasteiger partial charge in [-0.3, -0.25) is 4.79 Å². The minimum absolute atomic E-state index is 0.318. The Morgan fingerprint density at radius 1 is 1.14 bits per heavy atom. The lowest BCUT2D eigenvalue weighted by Crippen LogP contribution is -2.18. The van der Waals surface area contributed by atoms with Gasteiger partial charge in [-0.05, 0) is 35.9 Å². The zero-order chi connectivity index (χ0) is 15.2. The second kappa shape index (κ2) is 7.11. The first kappa shape index (κ1) is 15.4. The van der Waals surface area contributed by atoms with Crippen LogP contribution >= 0.6 is 23.2 Å². The molecule has 1 amide bonds. The van der Waals surface area contributed by atoms with Crippen molar-refractivity contribution in [2.24, 2.45) is 5.10 Å². The zero-order valence-corrected chi connectivity index (χ0v) is 12.7. The van der Waals surface area contributed by atoms with Crippen molar-refractivity contribution >= 4 is 35.3 Å². The summed E-state index contributed by atoms with van der Waals surface area (Å²) in [7, 11) is 1.48. The number of carbonyl (C=O) groups is 1. The topological polar surface area (TPSA) is 50.7 Å². The molecule has 0 aliphatic heterocycles. The van der Waals surface area contributed by atoms with Crippen LogP contribution in [0.3, 0.4) is 0 Å². The first-order valence-electron chi connectivity index (χ1n) is 6.02. The van der Waals surface area contributed by atoms with Gasteiger partial charge in [0.1, 0.15) is 5.75 Å². The van der Waals surface area contributed by atoms with Gasteiger partial charge in [0.05, 0.1) is 18.9 Å². The first-order valence-corrected chi connectivity index (χ1v) is 6.78. The van der Waals surface area contributed by atoms with Crippen LogP contribution in [0.15, 0.2) is 47.6 Å². The summed E-state index contributed by atoms with van der Waals surface area (Å²) in [6.07, 6.45) is 1.52. The van der Waals surface area contributed by atoms with Gasteiger partial charge in [-0.1, -0.05) is 35.3 Å². The second-order valence-electron chi connectivity index (χ2n) is 4.10. The third kappa shape index (κ3) is 4.21. The minimum Gasteiger partial charge on any atom is -0.496 e. The van der Waals surface area contributed by atoms with Crippen molar-refractivity contribution in [2.75, 3.05) is 7.11 Å². The first-order chi connectivity index (χ1) is 10.1. The molecule has 0 saturated heterocycles. The van der Waals surface area contributed by atoms with Crippen LogP contribution in [0.2, 0.25) is 10.0 Å². The lowest BCUT2D eigenvalue weighted by Gasteiger charge is -2.07. The van der Waals surface area contributed by atoms with E-state index in [1.54, 1.807) is 36.4 Å². The largest absolute Gasteiger partial charge is 0.496 e. The Labute approximate surface area is 132 Å². The molecule has 0 aromatic heterocycles. The van der Waals surface area contributed by atoms with Gasteiger partial charge in [-0.2, -0.15) is 5.10 Å². The fourth-order valence-electron chi connectivity index (χ4n) is 1.63. The number of rotatable bonds is 4. The van der Waals surface area contributed by atoms with E-state index in [1.165, 1.54) is 19.4 Å². The Morgan fingerprint density at radius 2 is 1.81 bits per heavy atom. The predicted molar refractivity (Wildman–Crippen MR) is 84.5 cm³/mol. The highest BCUT2D eigenvalue weighted by Crippen LogP contribution is 2.22. The summed E-state index contributed by atoms with van der Waals surface area (Å²) < 4.78 is 5.11. The van der Waals surface area contributed by atoms with Gasteiger partial charge in [0.2, 0.25) is 0 Å². The molecule has 0 fully saturated rings. The maximum atomic E-state index is 12.0. The van der Waals surface area contributed by atoms with Crippen LogP contribution in [0.5, 0.6) is 5.75 Å². The normalized spacial score (nSPS) is 10.6. The van der Waals surface area contributed by atoms with Crippen LogP contribution in [0, 0.1) is 0 Å². The van der Waals surface area contributed by atoms with E-state index in [2.05, 4.69) is 10.5 Å². The molecule has 2 aromatic carbocycles. The molecular formula is C15H12Cl2N2O2. The Hall–Kier alpha value is -2.04. The highest BCUT2D eigenvalue weighted by Gasteiger charge is 2.11. The maximum absolute atomic E-state index is 12.0. The van der Waals surface area contributed by atoms with Crippen molar-refractivity contribution < 1.29 is 9.53 Å². The van der Waals surface area contributed by atoms with E-state index in [-0.39, 0.29) is 0 Å². The van der Waals surface area contributed by atoms with E-state index in [1.807, 2.05) is 0 Å². The van der Waals surface area contributed by atoms with Crippen LogP contribution in [0.1, 0.15) is 15.9 Å². The SMILES string of the molecule is COc1ccc(Cl)cc1C(=O)NN=Cc1ccc(Cl)cc1. The molecule has 0 aliphatic rings. The molecule has 0 spiro atoms. The number of halogens is 2. The number of benzene rings is 2. The number of ether oxygens (including phenoxy) is 1. The van der Waals surface area contributed by atoms with E-state index < -0.39 is 5.91 Å². The Morgan fingerprint density at radius 3 is 2.48 bits per heavy atom. The molecule has 6 heteroatoms. The summed E-state index contributed by atoms with van der Waals surface area (Å²) in [6.45, 7) is 0. The van der Waals surface area contributed by atoms with Gasteiger partial charge in [-0.25, -0.2) is 5.43 Å². The summed E-state index contributed by atoms with van der Waals surface area (Å²) in [6, 6.07) is 11.9. The molecule has 0 aliphatic carbocycles. The molecule has 21 heavy (non-hydrogen) atoms. The maximum Gasteiger partial charge on any atom is 0.275 e. The number of hydrogen-bond acceptors (Lipinski definition) is 3. The van der Waals surface area contributed by atoms with Crippen LogP contribution in [-0.4, -0.2) is 19.2 Å². The van der Waals surface area contributed by atoms with Crippen LogP contribution < -0.4 is 10.2 Å². The van der Waals surface area contributed by atoms with Gasteiger partial charge < -0.3 is 4.74 Å². The number of hydrogen-bond donors (Lipinski definition) is 1. The van der Waals surface area contributed by atoms with E-state index in [9.17, 15) is 4.79 Å². The Bertz CT molecular complexity index is 670. The fourth-order valence-corrected chi connectivity index (χ4v) is 1.93. The van der Waals surface area contributed by atoms with Crippen molar-refractivity contribution in [3.05, 3.63) is 63.6 Å². The number of amides is 1. The molecule has 1 N–H and O–H groups in total. The average Bonchev–Trinajstić information content (AvgIpc) is 2.49. The van der Waals surface area contributed by atoms with Crippen LogP contribution in [-0.2, 0) is 0 Å². The highest BCUT2D eigenvalue weighted by atomic mass is 35.5. The quantitative estimate of drug-likeness (QED) is 0.688. The van der Waals surface area contributed by atoms with E-state index in [4.69, 9.17) is 27.9 Å². The lowest BCUT2D eigenvalue weighted by molar-refractivity contribution is 0.0952. The van der Waals surface area contributed by atoms with Crippen molar-refractivity contribution in [2.45, 2.75) is 0 Å². The molecule has 0 bridgehead atoms. The summed E-state index contributed by atoms with van der Waals surface area (Å²) in [4.78, 5) is 12.0. The molecule has 0 heterocycles. The van der Waals surface area contributed by atoms with E-state index in [0.29, 0.717) is 21.4 Å². The second-order valence-corrected chi connectivity index (χ2v) is 4.97. The third-order valence-corrected chi connectivity index (χ3v) is 3.14. The number of nitrogens with zero attached hydrogens (tertiary/aromatic N) is 1. The number of carbonyl (C=O) groups excluding carboxylic acids is 1. The lowest BCUT2D eigenvalue weighted by atomic mass is 10.2. The standard InChI is InChI=1S/C15H12Cl2N2O2/c1-21-14-7-6-12(17)8-13(14)15(20)19-18-9-10-2-4-11(16)5-3-10/h2-9H,1H3,(H,19,20). The molecule has 0 unspecified atom stereocenters. The summed E-state index contributed by atoms with van der Waals surface area (Å²) in [5, 5.41) is 4.97. The minimum atomic E-state index is -0.403. The smallest absolute Gasteiger partial charge is 0.275 e. The molecule has 2 rings (SSSR count). The number of nitrogens with one attached hydrogen (secondary N) is 1. The third-order valence-electron chi connectivity index (χ3n) is 2.66. The van der Waals surface area contributed by atoms with Gasteiger partial charge >= 0.3 is 0 Å². The van der Waals surface area contributed by atoms with E-state index in [0.717, 1.165) is 5.56 Å². The molecule has 4 nitrogen and oxygen atoms in total. The monoisotopic (exact) mass is 322 g/mol. The number of hydrazone groups is 1. The zero-order valence-electron chi connectivity index (χ0n) is 11.1. The fraction of sp³-hybridized carbons (Fsp3) is 0.0667. The van der Waals surface area contributed by atoms with Gasteiger partial charge in [-0.15, -0.1) is 0 Å². The van der Waals surface area contributed by atoms with Gasteiger partial charge in [0, 0.05) is 10.0 Å². The molecular weight excluding hydrogens is 311 g/mol. The Kier molecular flexibility index (Phi) is 5.20. The summed E-state index contributed by atoms with van der Waals surface area (Å²) in [5.41, 5.74) is 3.56. The Balaban J connectivity index is 2.08. The van der Waals surface area contributed by atoms with Crippen molar-refractivity contribution in [3.63, 3.8) is 0 Å². The average molecular weight is 323 g/mol. The molecule has 0 saturated carbocycles. The molecule has 108 valence electrons. The summed E-state index contributed by atoms with van der Waals surface area (Å²) in [5.74, 6) is 0.0261. The molecule has 2 aromatic rings. The molecule has 0 radical (unpaired) electrons. The summed E-state index contributed by atoms with van der Waals surface area (Å²) >= 11 is 11.7. The van der Waals surface area contributed by atoms with E-state index >= 15 is 0 Å². The highest BCUT2D eigenvalue weighted by molar-refractivity contribution is 6.31. The number of methoxy groups -OCH3 is 1.